The summed E-state index contributed by atoms with van der Waals surface area (Å²) in [7, 11) is 0. The zero-order valence-electron chi connectivity index (χ0n) is 12.0. The van der Waals surface area contributed by atoms with Crippen LogP contribution in [0.5, 0.6) is 0 Å². The van der Waals surface area contributed by atoms with Crippen LogP contribution in [0.3, 0.4) is 0 Å². The van der Waals surface area contributed by atoms with Gasteiger partial charge in [0.05, 0.1) is 5.92 Å². The topological polar surface area (TPSA) is 76.2 Å². The molecule has 0 radical (unpaired) electrons. The van der Waals surface area contributed by atoms with Crippen LogP contribution in [0.2, 0.25) is 0 Å². The molecule has 1 aliphatic carbocycles. The van der Waals surface area contributed by atoms with Crippen molar-refractivity contribution in [2.24, 2.45) is 5.92 Å². The Kier molecular flexibility index (Phi) is 3.73. The molecule has 3 rings (SSSR count). The van der Waals surface area contributed by atoms with E-state index in [9.17, 15) is 4.79 Å². The molecule has 0 aliphatic heterocycles. The fourth-order valence-corrected chi connectivity index (χ4v) is 2.82. The van der Waals surface area contributed by atoms with Crippen molar-refractivity contribution in [1.82, 2.24) is 10.1 Å². The summed E-state index contributed by atoms with van der Waals surface area (Å²) >= 11 is 0. The molecule has 0 bridgehead atoms. The number of nitrogens with zero attached hydrogens (tertiary/aromatic N) is 2. The van der Waals surface area contributed by atoms with Crippen molar-refractivity contribution in [1.29, 1.82) is 0 Å². The third-order valence-corrected chi connectivity index (χ3v) is 4.10. The standard InChI is InChI=1S/C16H18N2O3/c1-10-2-4-11(5-3-10)8-14-17-15(21-18-14)12-6-7-13(9-12)16(19)20/h2-5,12-13H,6-9H2,1H3,(H,19,20). The van der Waals surface area contributed by atoms with E-state index in [1.54, 1.807) is 0 Å². The van der Waals surface area contributed by atoms with E-state index in [0.29, 0.717) is 31.0 Å². The minimum absolute atomic E-state index is 0.0883. The Morgan fingerprint density at radius 3 is 2.76 bits per heavy atom. The molecule has 0 saturated heterocycles. The van der Waals surface area contributed by atoms with E-state index in [4.69, 9.17) is 9.63 Å². The maximum Gasteiger partial charge on any atom is 0.306 e. The molecule has 21 heavy (non-hydrogen) atoms. The molecule has 2 unspecified atom stereocenters. The van der Waals surface area contributed by atoms with Crippen LogP contribution in [-0.2, 0) is 11.2 Å². The van der Waals surface area contributed by atoms with Crippen molar-refractivity contribution in [3.63, 3.8) is 0 Å². The number of aromatic nitrogens is 2. The molecule has 1 heterocycles. The summed E-state index contributed by atoms with van der Waals surface area (Å²) in [5.41, 5.74) is 2.36. The highest BCUT2D eigenvalue weighted by atomic mass is 16.5. The normalized spacial score (nSPS) is 21.6. The number of carbonyl (C=O) groups is 1. The number of aryl methyl sites for hydroxylation is 1. The molecule has 0 amide bonds. The van der Waals surface area contributed by atoms with Gasteiger partial charge >= 0.3 is 5.97 Å². The monoisotopic (exact) mass is 286 g/mol. The molecular formula is C16H18N2O3. The van der Waals surface area contributed by atoms with Crippen molar-refractivity contribution >= 4 is 5.97 Å². The van der Waals surface area contributed by atoms with Gasteiger partial charge in [0.25, 0.3) is 0 Å². The number of benzene rings is 1. The number of aliphatic carboxylic acids is 1. The zero-order valence-corrected chi connectivity index (χ0v) is 12.0. The SMILES string of the molecule is Cc1ccc(Cc2noc(C3CCC(C(=O)O)C3)n2)cc1. The first-order valence-electron chi connectivity index (χ1n) is 7.22. The minimum atomic E-state index is -0.725. The molecule has 1 fully saturated rings. The summed E-state index contributed by atoms with van der Waals surface area (Å²) in [6, 6.07) is 8.23. The van der Waals surface area contributed by atoms with Gasteiger partial charge in [0.2, 0.25) is 5.89 Å². The van der Waals surface area contributed by atoms with E-state index in [2.05, 4.69) is 41.3 Å². The summed E-state index contributed by atoms with van der Waals surface area (Å²) in [5.74, 6) is 0.332. The van der Waals surface area contributed by atoms with Gasteiger partial charge in [-0.15, -0.1) is 0 Å². The van der Waals surface area contributed by atoms with Gasteiger partial charge in [0, 0.05) is 12.3 Å². The van der Waals surface area contributed by atoms with Gasteiger partial charge in [-0.25, -0.2) is 0 Å². The number of carboxylic acid groups (broad SMARTS) is 1. The quantitative estimate of drug-likeness (QED) is 0.935. The van der Waals surface area contributed by atoms with Crippen LogP contribution >= 0.6 is 0 Å². The maximum absolute atomic E-state index is 11.0. The molecule has 1 aromatic carbocycles. The van der Waals surface area contributed by atoms with Crippen LogP contribution in [0, 0.1) is 12.8 Å². The summed E-state index contributed by atoms with van der Waals surface area (Å²) in [6.07, 6.45) is 2.74. The van der Waals surface area contributed by atoms with E-state index < -0.39 is 5.97 Å². The first kappa shape index (κ1) is 13.8. The van der Waals surface area contributed by atoms with E-state index in [1.165, 1.54) is 5.56 Å². The van der Waals surface area contributed by atoms with Crippen LogP contribution in [0.1, 0.15) is 48.0 Å². The van der Waals surface area contributed by atoms with Gasteiger partial charge in [-0.3, -0.25) is 4.79 Å². The first-order valence-corrected chi connectivity index (χ1v) is 7.22. The van der Waals surface area contributed by atoms with Crippen LogP contribution in [0.25, 0.3) is 0 Å². The van der Waals surface area contributed by atoms with E-state index in [0.717, 1.165) is 12.0 Å². The molecule has 0 spiro atoms. The molecule has 2 atom stereocenters. The lowest BCUT2D eigenvalue weighted by Gasteiger charge is -2.02. The average Bonchev–Trinajstić information content (AvgIpc) is 3.10. The Labute approximate surface area is 123 Å². The molecule has 5 heteroatoms. The summed E-state index contributed by atoms with van der Waals surface area (Å²) in [4.78, 5) is 15.4. The molecule has 1 saturated carbocycles. The van der Waals surface area contributed by atoms with E-state index in [1.807, 2.05) is 0 Å². The Hall–Kier alpha value is -2.17. The highest BCUT2D eigenvalue weighted by molar-refractivity contribution is 5.70. The van der Waals surface area contributed by atoms with Crippen molar-refractivity contribution in [2.45, 2.75) is 38.5 Å². The van der Waals surface area contributed by atoms with Gasteiger partial charge < -0.3 is 9.63 Å². The Morgan fingerprint density at radius 1 is 1.33 bits per heavy atom. The van der Waals surface area contributed by atoms with Crippen molar-refractivity contribution in [2.75, 3.05) is 0 Å². The lowest BCUT2D eigenvalue weighted by molar-refractivity contribution is -0.141. The van der Waals surface area contributed by atoms with Crippen LogP contribution < -0.4 is 0 Å². The predicted octanol–water partition coefficient (Wildman–Crippen LogP) is 2.94. The minimum Gasteiger partial charge on any atom is -0.481 e. The molecule has 2 aromatic rings. The van der Waals surface area contributed by atoms with Crippen LogP contribution in [0.15, 0.2) is 28.8 Å². The Bertz CT molecular complexity index is 633. The molecule has 5 nitrogen and oxygen atoms in total. The molecular weight excluding hydrogens is 268 g/mol. The van der Waals surface area contributed by atoms with Gasteiger partial charge in [-0.1, -0.05) is 35.0 Å². The fraction of sp³-hybridized carbons (Fsp3) is 0.438. The second-order valence-electron chi connectivity index (χ2n) is 5.76. The lowest BCUT2D eigenvalue weighted by Crippen LogP contribution is -2.09. The van der Waals surface area contributed by atoms with Crippen LogP contribution in [0.4, 0.5) is 0 Å². The highest BCUT2D eigenvalue weighted by Gasteiger charge is 2.33. The molecule has 110 valence electrons. The second kappa shape index (κ2) is 5.68. The number of hydrogen-bond acceptors (Lipinski definition) is 4. The molecule has 1 aromatic heterocycles. The van der Waals surface area contributed by atoms with Crippen molar-refractivity contribution < 1.29 is 14.4 Å². The maximum atomic E-state index is 11.0. The second-order valence-corrected chi connectivity index (χ2v) is 5.76. The largest absolute Gasteiger partial charge is 0.481 e. The van der Waals surface area contributed by atoms with Crippen molar-refractivity contribution in [3.8, 4) is 0 Å². The van der Waals surface area contributed by atoms with E-state index >= 15 is 0 Å². The van der Waals surface area contributed by atoms with Crippen molar-refractivity contribution in [3.05, 3.63) is 47.1 Å². The first-order chi connectivity index (χ1) is 10.1. The van der Waals surface area contributed by atoms with Gasteiger partial charge in [-0.2, -0.15) is 4.98 Å². The third kappa shape index (κ3) is 3.12. The van der Waals surface area contributed by atoms with E-state index in [-0.39, 0.29) is 11.8 Å². The molecule has 1 N–H and O–H groups in total. The Morgan fingerprint density at radius 2 is 2.10 bits per heavy atom. The lowest BCUT2D eigenvalue weighted by atomic mass is 10.1. The zero-order chi connectivity index (χ0) is 14.8. The number of hydrogen-bond donors (Lipinski definition) is 1. The average molecular weight is 286 g/mol. The smallest absolute Gasteiger partial charge is 0.306 e. The highest BCUT2D eigenvalue weighted by Crippen LogP contribution is 2.37. The molecule has 1 aliphatic rings. The Balaban J connectivity index is 1.66. The van der Waals surface area contributed by atoms with Gasteiger partial charge in [-0.05, 0) is 31.7 Å². The van der Waals surface area contributed by atoms with Crippen LogP contribution in [-0.4, -0.2) is 21.2 Å². The number of rotatable bonds is 4. The predicted molar refractivity (Wildman–Crippen MR) is 76.0 cm³/mol. The summed E-state index contributed by atoms with van der Waals surface area (Å²) in [5, 5.41) is 13.0. The summed E-state index contributed by atoms with van der Waals surface area (Å²) in [6.45, 7) is 2.05. The van der Waals surface area contributed by atoms with Gasteiger partial charge in [0.15, 0.2) is 5.82 Å². The summed E-state index contributed by atoms with van der Waals surface area (Å²) < 4.78 is 5.32. The third-order valence-electron chi connectivity index (χ3n) is 4.10. The number of carboxylic acids is 1. The fourth-order valence-electron chi connectivity index (χ4n) is 2.82. The van der Waals surface area contributed by atoms with Gasteiger partial charge in [0.1, 0.15) is 0 Å².